The van der Waals surface area contributed by atoms with Crippen LogP contribution in [-0.4, -0.2) is 75.0 Å². The summed E-state index contributed by atoms with van der Waals surface area (Å²) in [5, 5.41) is 14.6. The summed E-state index contributed by atoms with van der Waals surface area (Å²) in [6.45, 7) is -0.286. The van der Waals surface area contributed by atoms with Gasteiger partial charge in [-0.1, -0.05) is 30.3 Å². The topological polar surface area (TPSA) is 167 Å². The van der Waals surface area contributed by atoms with Crippen LogP contribution in [0.25, 0.3) is 0 Å². The number of aliphatic hydroxyl groups excluding tert-OH is 1. The number of ether oxygens (including phenoxy) is 4. The van der Waals surface area contributed by atoms with Gasteiger partial charge in [-0.05, 0) is 5.56 Å². The molecule has 0 heterocycles. The Balaban J connectivity index is 2.62. The molecule has 0 bridgehead atoms. The molecule has 0 spiro atoms. The smallest absolute Gasteiger partial charge is 0.407 e. The van der Waals surface area contributed by atoms with Crippen molar-refractivity contribution in [2.24, 2.45) is 5.92 Å². The zero-order chi connectivity index (χ0) is 24.8. The maximum Gasteiger partial charge on any atom is 0.407 e. The summed E-state index contributed by atoms with van der Waals surface area (Å²) in [5.74, 6) is -5.01. The number of hydrogen-bond acceptors (Lipinski definition) is 10. The molecular weight excluding hydrogens is 440 g/mol. The molecule has 0 unspecified atom stereocenters. The van der Waals surface area contributed by atoms with Crippen molar-refractivity contribution < 1.29 is 48.0 Å². The van der Waals surface area contributed by atoms with Crippen LogP contribution in [0.5, 0.6) is 0 Å². The van der Waals surface area contributed by atoms with Crippen LogP contribution in [0.1, 0.15) is 18.4 Å². The van der Waals surface area contributed by atoms with E-state index >= 15 is 0 Å². The Morgan fingerprint density at radius 1 is 0.909 bits per heavy atom. The third-order valence-corrected chi connectivity index (χ3v) is 4.41. The first-order valence-corrected chi connectivity index (χ1v) is 9.86. The van der Waals surface area contributed by atoms with Gasteiger partial charge in [-0.3, -0.25) is 14.4 Å². The lowest BCUT2D eigenvalue weighted by molar-refractivity contribution is -0.159. The van der Waals surface area contributed by atoms with Gasteiger partial charge in [0.05, 0.1) is 46.2 Å². The lowest BCUT2D eigenvalue weighted by atomic mass is 9.95. The number of methoxy groups -OCH3 is 3. The van der Waals surface area contributed by atoms with Crippen molar-refractivity contribution in [3.05, 3.63) is 35.9 Å². The molecule has 0 aliphatic heterocycles. The Hall–Kier alpha value is -3.67. The van der Waals surface area contributed by atoms with Crippen LogP contribution in [0.4, 0.5) is 4.79 Å². The van der Waals surface area contributed by atoms with Gasteiger partial charge in [0.1, 0.15) is 12.6 Å². The van der Waals surface area contributed by atoms with Gasteiger partial charge in [-0.2, -0.15) is 0 Å². The molecule has 0 aliphatic rings. The summed E-state index contributed by atoms with van der Waals surface area (Å²) < 4.78 is 18.7. The van der Waals surface area contributed by atoms with E-state index in [-0.39, 0.29) is 13.2 Å². The summed E-state index contributed by atoms with van der Waals surface area (Å²) in [7, 11) is 3.18. The summed E-state index contributed by atoms with van der Waals surface area (Å²) in [6, 6.07) is 7.37. The van der Waals surface area contributed by atoms with Crippen LogP contribution < -0.4 is 10.6 Å². The highest BCUT2D eigenvalue weighted by molar-refractivity contribution is 5.91. The van der Waals surface area contributed by atoms with E-state index in [4.69, 9.17) is 4.74 Å². The summed E-state index contributed by atoms with van der Waals surface area (Å²) in [5.41, 5.74) is 0.772. The Bertz CT molecular complexity index is 815. The monoisotopic (exact) mass is 468 g/mol. The second-order valence-electron chi connectivity index (χ2n) is 6.78. The van der Waals surface area contributed by atoms with E-state index in [2.05, 4.69) is 24.8 Å². The second-order valence-corrected chi connectivity index (χ2v) is 6.78. The number of aliphatic hydroxyl groups is 1. The Kier molecular flexibility index (Phi) is 11.9. The number of carbonyl (C=O) groups is 5. The summed E-state index contributed by atoms with van der Waals surface area (Å²) in [4.78, 5) is 59.9. The first kappa shape index (κ1) is 27.4. The predicted octanol–water partition coefficient (Wildman–Crippen LogP) is -0.326. The van der Waals surface area contributed by atoms with Crippen LogP contribution >= 0.6 is 0 Å². The van der Waals surface area contributed by atoms with Gasteiger partial charge in [0.2, 0.25) is 5.91 Å². The minimum absolute atomic E-state index is 0.0270. The van der Waals surface area contributed by atoms with Gasteiger partial charge < -0.3 is 34.7 Å². The van der Waals surface area contributed by atoms with Crippen LogP contribution in [0, 0.1) is 5.92 Å². The molecule has 2 amide bonds. The van der Waals surface area contributed by atoms with Crippen LogP contribution in [0.15, 0.2) is 30.3 Å². The minimum atomic E-state index is -1.56. The van der Waals surface area contributed by atoms with Crippen molar-refractivity contribution in [2.45, 2.75) is 31.6 Å². The van der Waals surface area contributed by atoms with Crippen molar-refractivity contribution in [2.75, 3.05) is 27.9 Å². The summed E-state index contributed by atoms with van der Waals surface area (Å²) >= 11 is 0. The standard InChI is InChI=1S/C21H28N2O10/c1-30-17(26)10-15(19(27)31-2)18(20(28)32-3)23-16(25)9-14(24)11-22-21(29)33-12-13-7-5-4-6-8-13/h4-8,14-15,18,24H,9-12H2,1-3H3,(H,22,29)(H,23,25)/t14-,15+,18+/m1/s1. The first-order valence-electron chi connectivity index (χ1n) is 9.86. The number of benzene rings is 1. The fourth-order valence-electron chi connectivity index (χ4n) is 2.70. The van der Waals surface area contributed by atoms with Gasteiger partial charge >= 0.3 is 24.0 Å². The van der Waals surface area contributed by atoms with E-state index < -0.39 is 60.8 Å². The number of nitrogens with one attached hydrogen (secondary N) is 2. The third kappa shape index (κ3) is 9.99. The zero-order valence-electron chi connectivity index (χ0n) is 18.6. The highest BCUT2D eigenvalue weighted by Gasteiger charge is 2.38. The SMILES string of the molecule is COC(=O)C[C@H](C(=O)OC)[C@H](NC(=O)C[C@@H](O)CNC(=O)OCc1ccccc1)C(=O)OC. The van der Waals surface area contributed by atoms with E-state index in [1.54, 1.807) is 24.3 Å². The molecule has 0 aromatic heterocycles. The minimum Gasteiger partial charge on any atom is -0.469 e. The van der Waals surface area contributed by atoms with Gasteiger partial charge in [0.15, 0.2) is 0 Å². The molecule has 1 aromatic rings. The molecule has 0 radical (unpaired) electrons. The molecule has 0 saturated heterocycles. The van der Waals surface area contributed by atoms with Crippen molar-refractivity contribution in [3.8, 4) is 0 Å². The highest BCUT2D eigenvalue weighted by atomic mass is 16.6. The van der Waals surface area contributed by atoms with Crippen LogP contribution in [-0.2, 0) is 44.7 Å². The molecule has 0 saturated carbocycles. The number of alkyl carbamates (subject to hydrolysis) is 1. The van der Waals surface area contributed by atoms with Crippen LogP contribution in [0.3, 0.4) is 0 Å². The summed E-state index contributed by atoms with van der Waals surface area (Å²) in [6.07, 6.45) is -3.21. The van der Waals surface area contributed by atoms with Gasteiger partial charge in [-0.15, -0.1) is 0 Å². The lowest BCUT2D eigenvalue weighted by Crippen LogP contribution is -2.51. The van der Waals surface area contributed by atoms with Crippen molar-refractivity contribution in [1.29, 1.82) is 0 Å². The van der Waals surface area contributed by atoms with E-state index in [0.717, 1.165) is 26.9 Å². The van der Waals surface area contributed by atoms with E-state index in [1.807, 2.05) is 6.07 Å². The average molecular weight is 468 g/mol. The molecular formula is C21H28N2O10. The Morgan fingerprint density at radius 3 is 2.12 bits per heavy atom. The molecule has 3 N–H and O–H groups in total. The molecule has 33 heavy (non-hydrogen) atoms. The lowest BCUT2D eigenvalue weighted by Gasteiger charge is -2.24. The maximum absolute atomic E-state index is 12.3. The zero-order valence-corrected chi connectivity index (χ0v) is 18.6. The van der Waals surface area contributed by atoms with E-state index in [9.17, 15) is 29.1 Å². The third-order valence-electron chi connectivity index (χ3n) is 4.41. The highest BCUT2D eigenvalue weighted by Crippen LogP contribution is 2.15. The fourth-order valence-corrected chi connectivity index (χ4v) is 2.70. The number of amides is 2. The average Bonchev–Trinajstić information content (AvgIpc) is 2.82. The van der Waals surface area contributed by atoms with E-state index in [0.29, 0.717) is 0 Å². The second kappa shape index (κ2) is 14.4. The first-order chi connectivity index (χ1) is 15.7. The van der Waals surface area contributed by atoms with Crippen LogP contribution in [0.2, 0.25) is 0 Å². The molecule has 182 valence electrons. The quantitative estimate of drug-likeness (QED) is 0.273. The van der Waals surface area contributed by atoms with E-state index in [1.165, 1.54) is 0 Å². The molecule has 3 atom stereocenters. The predicted molar refractivity (Wildman–Crippen MR) is 111 cm³/mol. The molecule has 0 fully saturated rings. The largest absolute Gasteiger partial charge is 0.469 e. The number of esters is 3. The number of rotatable bonds is 12. The Morgan fingerprint density at radius 2 is 1.55 bits per heavy atom. The van der Waals surface area contributed by atoms with Crippen molar-refractivity contribution in [1.82, 2.24) is 10.6 Å². The Labute approximate surface area is 190 Å². The molecule has 1 aromatic carbocycles. The molecule has 12 nitrogen and oxygen atoms in total. The van der Waals surface area contributed by atoms with Gasteiger partial charge in [0.25, 0.3) is 0 Å². The normalized spacial score (nSPS) is 13.0. The number of carbonyl (C=O) groups excluding carboxylic acids is 5. The molecule has 0 aliphatic carbocycles. The van der Waals surface area contributed by atoms with Gasteiger partial charge in [0, 0.05) is 6.54 Å². The fraction of sp³-hybridized carbons (Fsp3) is 0.476. The van der Waals surface area contributed by atoms with Gasteiger partial charge in [-0.25, -0.2) is 9.59 Å². The maximum atomic E-state index is 12.3. The molecule has 12 heteroatoms. The number of hydrogen-bond donors (Lipinski definition) is 3. The van der Waals surface area contributed by atoms with Crippen molar-refractivity contribution in [3.63, 3.8) is 0 Å². The molecule has 1 rings (SSSR count). The van der Waals surface area contributed by atoms with Crippen molar-refractivity contribution >= 4 is 29.9 Å².